The van der Waals surface area contributed by atoms with Crippen molar-refractivity contribution in [1.82, 2.24) is 16.0 Å². The molecule has 0 fully saturated rings. The van der Waals surface area contributed by atoms with Gasteiger partial charge in [-0.25, -0.2) is 4.79 Å². The molecule has 0 heterocycles. The topological polar surface area (TPSA) is 228 Å². The number of amides is 3. The molecule has 5 unspecified atom stereocenters. The Kier molecular flexibility index (Phi) is 12.0. The van der Waals surface area contributed by atoms with Crippen LogP contribution in [0, 0.1) is 0 Å². The number of hydrogen-bond donors (Lipinski definition) is 8. The Hall–Kier alpha value is -4.49. The van der Waals surface area contributed by atoms with Crippen molar-refractivity contribution >= 4 is 29.7 Å². The molecule has 2 aromatic rings. The molecule has 0 radical (unpaired) electrons. The zero-order chi connectivity index (χ0) is 29.8. The number of carboxylic acid groups (broad SMARTS) is 2. The van der Waals surface area contributed by atoms with Crippen LogP contribution in [0.25, 0.3) is 0 Å². The van der Waals surface area contributed by atoms with Gasteiger partial charge in [0.05, 0.1) is 6.10 Å². The van der Waals surface area contributed by atoms with E-state index in [9.17, 15) is 39.3 Å². The minimum atomic E-state index is -1.43. The number of rotatable bonds is 15. The monoisotopic (exact) mass is 558 g/mol. The molecule has 0 aromatic heterocycles. The van der Waals surface area contributed by atoms with Crippen LogP contribution >= 0.6 is 0 Å². The third kappa shape index (κ3) is 10.3. The number of phenols is 1. The van der Waals surface area contributed by atoms with Crippen molar-refractivity contribution in [3.05, 3.63) is 65.7 Å². The Morgan fingerprint density at radius 1 is 0.750 bits per heavy atom. The Morgan fingerprint density at radius 3 is 1.80 bits per heavy atom. The van der Waals surface area contributed by atoms with Crippen molar-refractivity contribution in [3.8, 4) is 5.75 Å². The van der Waals surface area contributed by atoms with E-state index >= 15 is 0 Å². The second-order valence-corrected chi connectivity index (χ2v) is 9.28. The van der Waals surface area contributed by atoms with Crippen LogP contribution in [0.3, 0.4) is 0 Å². The van der Waals surface area contributed by atoms with E-state index in [1.165, 1.54) is 31.2 Å². The van der Waals surface area contributed by atoms with Crippen LogP contribution in [-0.2, 0) is 36.8 Å². The maximum atomic E-state index is 13.3. The fraction of sp³-hybridized carbons (Fsp3) is 0.370. The second kappa shape index (κ2) is 15.2. The van der Waals surface area contributed by atoms with Gasteiger partial charge < -0.3 is 42.1 Å². The standard InChI is InChI=1S/C27H34N4O9/c1-15(32)23(28)26(38)29-19(11-12-22(34)35)24(36)30-20(13-17-7-9-18(33)10-8-17)25(37)31-21(27(39)40)14-16-5-3-2-4-6-16/h2-10,15,19-21,23,32-33H,11-14,28H2,1H3,(H,29,38)(H,30,36)(H,31,37)(H,34,35)(H,39,40). The van der Waals surface area contributed by atoms with Gasteiger partial charge in [-0.3, -0.25) is 19.2 Å². The summed E-state index contributed by atoms with van der Waals surface area (Å²) < 4.78 is 0. The van der Waals surface area contributed by atoms with Crippen molar-refractivity contribution in [2.75, 3.05) is 0 Å². The molecule has 13 heteroatoms. The molecule has 2 rings (SSSR count). The molecule has 0 aliphatic carbocycles. The molecule has 9 N–H and O–H groups in total. The third-order valence-electron chi connectivity index (χ3n) is 6.01. The van der Waals surface area contributed by atoms with E-state index in [0.29, 0.717) is 11.1 Å². The predicted molar refractivity (Wildman–Crippen MR) is 142 cm³/mol. The van der Waals surface area contributed by atoms with Gasteiger partial charge in [0.1, 0.15) is 29.9 Å². The summed E-state index contributed by atoms with van der Waals surface area (Å²) in [4.78, 5) is 61.9. The number of hydrogen-bond acceptors (Lipinski definition) is 8. The van der Waals surface area contributed by atoms with Crippen molar-refractivity contribution in [1.29, 1.82) is 0 Å². The molecule has 3 amide bonds. The van der Waals surface area contributed by atoms with Crippen LogP contribution in [0.1, 0.15) is 30.9 Å². The average molecular weight is 559 g/mol. The summed E-state index contributed by atoms with van der Waals surface area (Å²) in [6.45, 7) is 1.27. The molecule has 40 heavy (non-hydrogen) atoms. The van der Waals surface area contributed by atoms with Crippen molar-refractivity contribution in [2.24, 2.45) is 5.73 Å². The molecule has 0 saturated carbocycles. The van der Waals surface area contributed by atoms with Gasteiger partial charge in [0.25, 0.3) is 0 Å². The fourth-order valence-electron chi connectivity index (χ4n) is 3.70. The van der Waals surface area contributed by atoms with Crippen LogP contribution in [0.15, 0.2) is 54.6 Å². The summed E-state index contributed by atoms with van der Waals surface area (Å²) in [5.41, 5.74) is 6.79. The summed E-state index contributed by atoms with van der Waals surface area (Å²) in [5.74, 6) is -5.24. The van der Waals surface area contributed by atoms with E-state index in [2.05, 4.69) is 16.0 Å². The molecule has 0 saturated heterocycles. The lowest BCUT2D eigenvalue weighted by Gasteiger charge is -2.25. The first-order valence-electron chi connectivity index (χ1n) is 12.5. The molecule has 0 aliphatic heterocycles. The Bertz CT molecular complexity index is 1170. The largest absolute Gasteiger partial charge is 0.508 e. The van der Waals surface area contributed by atoms with Gasteiger partial charge >= 0.3 is 11.9 Å². The van der Waals surface area contributed by atoms with Crippen LogP contribution in [-0.4, -0.2) is 80.4 Å². The van der Waals surface area contributed by atoms with Crippen LogP contribution < -0.4 is 21.7 Å². The number of aromatic hydroxyl groups is 1. The highest BCUT2D eigenvalue weighted by Gasteiger charge is 2.31. The second-order valence-electron chi connectivity index (χ2n) is 9.28. The Balaban J connectivity index is 2.29. The van der Waals surface area contributed by atoms with Crippen molar-refractivity contribution in [2.45, 2.75) is 62.9 Å². The van der Waals surface area contributed by atoms with E-state index in [4.69, 9.17) is 10.8 Å². The van der Waals surface area contributed by atoms with Gasteiger partial charge in [0, 0.05) is 19.3 Å². The van der Waals surface area contributed by atoms with Crippen LogP contribution in [0.2, 0.25) is 0 Å². The predicted octanol–water partition coefficient (Wildman–Crippen LogP) is -0.711. The summed E-state index contributed by atoms with van der Waals surface area (Å²) >= 11 is 0. The average Bonchev–Trinajstić information content (AvgIpc) is 2.91. The van der Waals surface area contributed by atoms with Gasteiger partial charge in [-0.1, -0.05) is 42.5 Å². The zero-order valence-electron chi connectivity index (χ0n) is 21.8. The van der Waals surface area contributed by atoms with E-state index in [-0.39, 0.29) is 25.0 Å². The van der Waals surface area contributed by atoms with Crippen molar-refractivity contribution in [3.63, 3.8) is 0 Å². The summed E-state index contributed by atoms with van der Waals surface area (Å²) in [6, 6.07) is 8.85. The van der Waals surface area contributed by atoms with Gasteiger partial charge in [0.15, 0.2) is 0 Å². The SMILES string of the molecule is CC(O)C(N)C(=O)NC(CCC(=O)O)C(=O)NC(Cc1ccc(O)cc1)C(=O)NC(Cc1ccccc1)C(=O)O. The molecule has 5 atom stereocenters. The quantitative estimate of drug-likeness (QED) is 0.137. The van der Waals surface area contributed by atoms with Crippen molar-refractivity contribution < 1.29 is 44.4 Å². The lowest BCUT2D eigenvalue weighted by molar-refractivity contribution is -0.142. The summed E-state index contributed by atoms with van der Waals surface area (Å²) in [5, 5.41) is 45.2. The van der Waals surface area contributed by atoms with Gasteiger partial charge in [-0.15, -0.1) is 0 Å². The third-order valence-corrected chi connectivity index (χ3v) is 6.01. The highest BCUT2D eigenvalue weighted by molar-refractivity contribution is 5.94. The number of carbonyl (C=O) groups excluding carboxylic acids is 3. The minimum Gasteiger partial charge on any atom is -0.508 e. The molecule has 13 nitrogen and oxygen atoms in total. The summed E-state index contributed by atoms with van der Waals surface area (Å²) in [6.07, 6.45) is -2.26. The maximum absolute atomic E-state index is 13.3. The number of phenolic OH excluding ortho intramolecular Hbond substituents is 1. The van der Waals surface area contributed by atoms with Gasteiger partial charge in [-0.2, -0.15) is 0 Å². The number of nitrogens with two attached hydrogens (primary N) is 1. The Morgan fingerprint density at radius 2 is 1.25 bits per heavy atom. The number of aliphatic carboxylic acids is 2. The minimum absolute atomic E-state index is 0.0314. The van der Waals surface area contributed by atoms with E-state index in [1.54, 1.807) is 30.3 Å². The lowest BCUT2D eigenvalue weighted by atomic mass is 10.0. The molecule has 0 bridgehead atoms. The number of aliphatic hydroxyl groups is 1. The summed E-state index contributed by atoms with van der Waals surface area (Å²) in [7, 11) is 0. The highest BCUT2D eigenvalue weighted by atomic mass is 16.4. The molecule has 2 aromatic carbocycles. The molecule has 0 aliphatic rings. The Labute approximate surface area is 230 Å². The maximum Gasteiger partial charge on any atom is 0.326 e. The number of aliphatic hydroxyl groups excluding tert-OH is 1. The smallest absolute Gasteiger partial charge is 0.326 e. The first-order valence-corrected chi connectivity index (χ1v) is 12.5. The number of carbonyl (C=O) groups is 5. The van der Waals surface area contributed by atoms with Crippen LogP contribution in [0.4, 0.5) is 0 Å². The normalized spacial score (nSPS) is 14.6. The van der Waals surface area contributed by atoms with E-state index in [1.807, 2.05) is 0 Å². The first-order chi connectivity index (χ1) is 18.9. The number of carboxylic acids is 2. The lowest BCUT2D eigenvalue weighted by Crippen LogP contribution is -2.58. The molecule has 216 valence electrons. The van der Waals surface area contributed by atoms with Gasteiger partial charge in [-0.05, 0) is 36.6 Å². The highest BCUT2D eigenvalue weighted by Crippen LogP contribution is 2.13. The first kappa shape index (κ1) is 31.7. The van der Waals surface area contributed by atoms with E-state index in [0.717, 1.165) is 0 Å². The van der Waals surface area contributed by atoms with E-state index < -0.39 is 66.4 Å². The number of nitrogens with one attached hydrogen (secondary N) is 3. The molecule has 0 spiro atoms. The fourth-order valence-corrected chi connectivity index (χ4v) is 3.70. The molecular formula is C27H34N4O9. The number of benzene rings is 2. The van der Waals surface area contributed by atoms with Crippen LogP contribution in [0.5, 0.6) is 5.75 Å². The zero-order valence-corrected chi connectivity index (χ0v) is 21.8. The van der Waals surface area contributed by atoms with Gasteiger partial charge in [0.2, 0.25) is 17.7 Å². The molecular weight excluding hydrogens is 524 g/mol.